The second-order valence-electron chi connectivity index (χ2n) is 2.31. The molecule has 0 aliphatic heterocycles. The molecule has 0 radical (unpaired) electrons. The van der Waals surface area contributed by atoms with E-state index in [1.807, 2.05) is 12.1 Å². The van der Waals surface area contributed by atoms with Gasteiger partial charge in [0.15, 0.2) is 0 Å². The van der Waals surface area contributed by atoms with Crippen LogP contribution in [-0.2, 0) is 19.5 Å². The number of rotatable bonds is 1. The van der Waals surface area contributed by atoms with Crippen LogP contribution in [0.1, 0.15) is 12.5 Å². The predicted molar refractivity (Wildman–Crippen MR) is 44.3 cm³/mol. The first-order valence-electron chi connectivity index (χ1n) is 3.28. The van der Waals surface area contributed by atoms with E-state index in [1.165, 1.54) is 0 Å². The average Bonchev–Trinajstić information content (AvgIpc) is 2.05. The number of nitrogen functional groups attached to an aromatic ring is 1. The summed E-state index contributed by atoms with van der Waals surface area (Å²) >= 11 is 0. The van der Waals surface area contributed by atoms with Crippen LogP contribution in [0.4, 0.5) is 5.69 Å². The molecule has 0 saturated carbocycles. The molecule has 1 rings (SSSR count). The quantitative estimate of drug-likeness (QED) is 0.182. The van der Waals surface area contributed by atoms with Gasteiger partial charge in [-0.3, -0.25) is 0 Å². The van der Waals surface area contributed by atoms with Crippen molar-refractivity contribution in [3.05, 3.63) is 35.4 Å². The third-order valence-electron chi connectivity index (χ3n) is 1.48. The van der Waals surface area contributed by atoms with E-state index < -0.39 is 0 Å². The first-order chi connectivity index (χ1) is 5.24. The summed E-state index contributed by atoms with van der Waals surface area (Å²) in [6.45, 7) is 1.73. The molecule has 0 saturated heterocycles. The molecule has 14 heavy (non-hydrogen) atoms. The molecular formula is C8H9Cl2N3Zn. The summed E-state index contributed by atoms with van der Waals surface area (Å²) in [5.74, 6) is 0. The standard InChI is InChI=1S/C8H9N3.2ClH.Zn/c1-6(11-10)7-2-4-8(9)5-3-7;;;/h2-5H,9H2,1H3;2*1H;/q;;;+2/p-2. The third-order valence-corrected chi connectivity index (χ3v) is 1.48. The molecule has 1 aromatic rings. The van der Waals surface area contributed by atoms with E-state index in [1.54, 1.807) is 19.1 Å². The Balaban J connectivity index is -0.000000403. The van der Waals surface area contributed by atoms with Crippen molar-refractivity contribution in [2.24, 2.45) is 0 Å². The molecule has 0 aliphatic carbocycles. The van der Waals surface area contributed by atoms with Gasteiger partial charge in [-0.2, -0.15) is 4.79 Å². The van der Waals surface area contributed by atoms with Gasteiger partial charge in [0, 0.05) is 12.6 Å². The minimum atomic E-state index is 0. The van der Waals surface area contributed by atoms with Crippen molar-refractivity contribution in [1.29, 1.82) is 0 Å². The molecular weight excluding hydrogens is 274 g/mol. The number of benzene rings is 1. The summed E-state index contributed by atoms with van der Waals surface area (Å²) in [5, 5.41) is 0. The summed E-state index contributed by atoms with van der Waals surface area (Å²) < 4.78 is 0. The van der Waals surface area contributed by atoms with Gasteiger partial charge < -0.3 is 36.1 Å². The van der Waals surface area contributed by atoms with Crippen molar-refractivity contribution >= 4 is 11.4 Å². The summed E-state index contributed by atoms with van der Waals surface area (Å²) in [7, 11) is 0. The van der Waals surface area contributed by atoms with Crippen LogP contribution in [0.25, 0.3) is 5.53 Å². The molecule has 0 aromatic heterocycles. The Morgan fingerprint density at radius 1 is 1.21 bits per heavy atom. The van der Waals surface area contributed by atoms with Crippen molar-refractivity contribution in [1.82, 2.24) is 0 Å². The Labute approximate surface area is 108 Å². The third kappa shape index (κ3) is 5.36. The fraction of sp³-hybridized carbons (Fsp3) is 0.125. The Morgan fingerprint density at radius 3 is 2.00 bits per heavy atom. The topological polar surface area (TPSA) is 62.4 Å². The van der Waals surface area contributed by atoms with Crippen molar-refractivity contribution in [3.8, 4) is 0 Å². The molecule has 72 valence electrons. The van der Waals surface area contributed by atoms with Gasteiger partial charge in [-0.05, 0) is 24.3 Å². The van der Waals surface area contributed by atoms with Crippen molar-refractivity contribution in [2.75, 3.05) is 5.73 Å². The van der Waals surface area contributed by atoms with Crippen LogP contribution in [0.15, 0.2) is 24.3 Å². The smallest absolute Gasteiger partial charge is 1.00 e. The van der Waals surface area contributed by atoms with Gasteiger partial charge in [0.2, 0.25) is 0 Å². The molecule has 2 N–H and O–H groups in total. The number of nitrogens with two attached hydrogens (primary N) is 1. The molecule has 0 amide bonds. The summed E-state index contributed by atoms with van der Waals surface area (Å²) in [4.78, 5) is 3.06. The van der Waals surface area contributed by atoms with Crippen LogP contribution in [0.5, 0.6) is 0 Å². The maximum atomic E-state index is 8.41. The molecule has 0 fully saturated rings. The molecule has 0 aliphatic rings. The van der Waals surface area contributed by atoms with Gasteiger partial charge in [0.25, 0.3) is 5.71 Å². The van der Waals surface area contributed by atoms with E-state index in [4.69, 9.17) is 11.3 Å². The molecule has 3 nitrogen and oxygen atoms in total. The van der Waals surface area contributed by atoms with Crippen molar-refractivity contribution in [2.45, 2.75) is 6.92 Å². The van der Waals surface area contributed by atoms with Crippen molar-refractivity contribution < 1.29 is 49.1 Å². The summed E-state index contributed by atoms with van der Waals surface area (Å²) in [5.41, 5.74) is 16.1. The normalized spacial score (nSPS) is 6.93. The van der Waals surface area contributed by atoms with Gasteiger partial charge in [-0.1, -0.05) is 0 Å². The number of halogens is 2. The van der Waals surface area contributed by atoms with Gasteiger partial charge in [0.05, 0.1) is 5.56 Å². The molecule has 0 heterocycles. The minimum absolute atomic E-state index is 0. The van der Waals surface area contributed by atoms with Crippen molar-refractivity contribution in [3.63, 3.8) is 0 Å². The fourth-order valence-corrected chi connectivity index (χ4v) is 0.782. The zero-order valence-electron chi connectivity index (χ0n) is 7.74. The van der Waals surface area contributed by atoms with E-state index in [0.717, 1.165) is 5.56 Å². The maximum absolute atomic E-state index is 8.41. The largest absolute Gasteiger partial charge is 2.00 e. The monoisotopic (exact) mass is 281 g/mol. The number of nitrogens with zero attached hydrogens (tertiary/aromatic N) is 2. The van der Waals surface area contributed by atoms with E-state index >= 15 is 0 Å². The molecule has 1 aromatic carbocycles. The number of hydrogen-bond acceptors (Lipinski definition) is 1. The predicted octanol–water partition coefficient (Wildman–Crippen LogP) is -4.69. The second kappa shape index (κ2) is 9.17. The van der Waals surface area contributed by atoms with Crippen LogP contribution >= 0.6 is 0 Å². The zero-order chi connectivity index (χ0) is 8.27. The fourth-order valence-electron chi connectivity index (χ4n) is 0.782. The summed E-state index contributed by atoms with van der Waals surface area (Å²) in [6.07, 6.45) is 0. The molecule has 0 unspecified atom stereocenters. The van der Waals surface area contributed by atoms with Gasteiger partial charge in [-0.15, -0.1) is 0 Å². The Morgan fingerprint density at radius 2 is 1.64 bits per heavy atom. The van der Waals surface area contributed by atoms with E-state index in [-0.39, 0.29) is 44.3 Å². The summed E-state index contributed by atoms with van der Waals surface area (Å²) in [6, 6.07) is 7.16. The number of hydrogen-bond donors (Lipinski definition) is 1. The van der Waals surface area contributed by atoms with Crippen LogP contribution in [0.2, 0.25) is 0 Å². The molecule has 0 spiro atoms. The van der Waals surface area contributed by atoms with Crippen LogP contribution in [0.3, 0.4) is 0 Å². The van der Waals surface area contributed by atoms with E-state index in [9.17, 15) is 0 Å². The second-order valence-corrected chi connectivity index (χ2v) is 2.31. The maximum Gasteiger partial charge on any atom is 2.00 e. The van der Waals surface area contributed by atoms with Crippen LogP contribution in [-0.4, -0.2) is 10.5 Å². The SMILES string of the molecule is CC(=[N+]=[N-])c1ccc(N)cc1.[Cl-].[Cl-].[Zn+2]. The van der Waals surface area contributed by atoms with Gasteiger partial charge in [0.1, 0.15) is 0 Å². The van der Waals surface area contributed by atoms with Gasteiger partial charge in [-0.25, -0.2) is 0 Å². The molecule has 0 atom stereocenters. The number of anilines is 1. The van der Waals surface area contributed by atoms with E-state index in [2.05, 4.69) is 4.79 Å². The molecule has 6 heteroatoms. The Kier molecular flexibility index (Phi) is 12.6. The first-order valence-corrected chi connectivity index (χ1v) is 3.28. The zero-order valence-corrected chi connectivity index (χ0v) is 12.2. The van der Waals surface area contributed by atoms with Gasteiger partial charge >= 0.3 is 19.5 Å². The van der Waals surface area contributed by atoms with Crippen LogP contribution in [0, 0.1) is 0 Å². The Bertz CT molecular complexity index is 307. The molecule has 0 bridgehead atoms. The Hall–Kier alpha value is -0.397. The van der Waals surface area contributed by atoms with Crippen LogP contribution < -0.4 is 30.5 Å². The van der Waals surface area contributed by atoms with E-state index in [0.29, 0.717) is 11.4 Å². The minimum Gasteiger partial charge on any atom is -1.00 e. The first kappa shape index (κ1) is 19.2. The average molecular weight is 283 g/mol.